The van der Waals surface area contributed by atoms with Gasteiger partial charge in [0, 0.05) is 0 Å². The van der Waals surface area contributed by atoms with E-state index in [0.717, 1.165) is 0 Å². The molecular weight excluding hydrogens is 444 g/mol. The summed E-state index contributed by atoms with van der Waals surface area (Å²) in [5.74, 6) is 0. The van der Waals surface area contributed by atoms with Gasteiger partial charge in [-0.1, -0.05) is 0 Å². The lowest BCUT2D eigenvalue weighted by Gasteiger charge is -2.12. The summed E-state index contributed by atoms with van der Waals surface area (Å²) in [6.45, 7) is 2.37. The van der Waals surface area contributed by atoms with Crippen LogP contribution in [-0.4, -0.2) is 0 Å². The Hall–Kier alpha value is -2.40. The predicted octanol–water partition coefficient (Wildman–Crippen LogP) is 8.07. The predicted molar refractivity (Wildman–Crippen MR) is 82.4 cm³/mol. The normalized spacial score (nSPS) is 13.0. The van der Waals surface area contributed by atoms with E-state index in [-0.39, 0.29) is 23.3 Å². The van der Waals surface area contributed by atoms with Crippen molar-refractivity contribution in [2.75, 3.05) is 0 Å². The van der Waals surface area contributed by atoms with Crippen LogP contribution >= 0.6 is 0 Å². The zero-order valence-electron chi connectivity index (χ0n) is 15.0. The fourth-order valence-corrected chi connectivity index (χ4v) is 2.22. The molecular formula is C18H12F12. The third-order valence-electron chi connectivity index (χ3n) is 3.46. The maximum atomic E-state index is 12.2. The lowest BCUT2D eigenvalue weighted by molar-refractivity contribution is -0.144. The van der Waals surface area contributed by atoms with E-state index in [1.54, 1.807) is 0 Å². The Morgan fingerprint density at radius 2 is 0.533 bits per heavy atom. The number of rotatable bonds is 0. The summed E-state index contributed by atoms with van der Waals surface area (Å²) in [6, 6.07) is 2.91. The summed E-state index contributed by atoms with van der Waals surface area (Å²) in [5.41, 5.74) is -5.27. The lowest BCUT2D eigenvalue weighted by Crippen LogP contribution is -2.11. The molecule has 12 heteroatoms. The minimum atomic E-state index is -4.76. The molecule has 0 saturated heterocycles. The number of alkyl halides is 12. The zero-order valence-corrected chi connectivity index (χ0v) is 15.0. The van der Waals surface area contributed by atoms with Gasteiger partial charge in [-0.2, -0.15) is 52.7 Å². The first-order valence-corrected chi connectivity index (χ1v) is 7.73. The average Bonchev–Trinajstić information content (AvgIpc) is 2.51. The van der Waals surface area contributed by atoms with Gasteiger partial charge in [-0.05, 0) is 61.4 Å². The van der Waals surface area contributed by atoms with Gasteiger partial charge in [-0.15, -0.1) is 0 Å². The minimum absolute atomic E-state index is 0.0721. The van der Waals surface area contributed by atoms with Crippen molar-refractivity contribution in [3.05, 3.63) is 69.8 Å². The molecule has 0 heterocycles. The highest BCUT2D eigenvalue weighted by Crippen LogP contribution is 2.37. The SMILES string of the molecule is Cc1cc(C(F)(F)F)cc(C(F)(F)F)c1.Cc1cc(C(F)(F)F)cc(C(F)(F)F)c1. The molecule has 0 amide bonds. The molecule has 0 fully saturated rings. The largest absolute Gasteiger partial charge is 0.416 e. The van der Waals surface area contributed by atoms with Gasteiger partial charge in [0.2, 0.25) is 0 Å². The van der Waals surface area contributed by atoms with Crippen LogP contribution in [0.5, 0.6) is 0 Å². The Morgan fingerprint density at radius 1 is 0.367 bits per heavy atom. The highest BCUT2D eigenvalue weighted by molar-refractivity contribution is 5.33. The molecule has 0 aromatic heterocycles. The van der Waals surface area contributed by atoms with Crippen LogP contribution in [0.1, 0.15) is 33.4 Å². The average molecular weight is 456 g/mol. The minimum Gasteiger partial charge on any atom is -0.166 e. The first kappa shape index (κ1) is 25.6. The Bertz CT molecular complexity index is 729. The third-order valence-corrected chi connectivity index (χ3v) is 3.46. The number of halogens is 12. The molecule has 0 bridgehead atoms. The first-order chi connectivity index (χ1) is 13.2. The van der Waals surface area contributed by atoms with Gasteiger partial charge in [-0.3, -0.25) is 0 Å². The van der Waals surface area contributed by atoms with Crippen LogP contribution in [0.25, 0.3) is 0 Å². The highest BCUT2D eigenvalue weighted by Gasteiger charge is 2.37. The maximum Gasteiger partial charge on any atom is 0.416 e. The molecule has 168 valence electrons. The smallest absolute Gasteiger partial charge is 0.166 e. The van der Waals surface area contributed by atoms with E-state index >= 15 is 0 Å². The van der Waals surface area contributed by atoms with Gasteiger partial charge in [0.05, 0.1) is 22.3 Å². The van der Waals surface area contributed by atoms with E-state index < -0.39 is 47.0 Å². The highest BCUT2D eigenvalue weighted by atomic mass is 19.4. The lowest BCUT2D eigenvalue weighted by atomic mass is 10.1. The van der Waals surface area contributed by atoms with Gasteiger partial charge in [0.1, 0.15) is 0 Å². The Kier molecular flexibility index (Phi) is 7.16. The molecule has 0 nitrogen and oxygen atoms in total. The van der Waals surface area contributed by atoms with E-state index in [1.807, 2.05) is 0 Å². The van der Waals surface area contributed by atoms with Crippen LogP contribution in [0.4, 0.5) is 52.7 Å². The molecule has 0 aliphatic carbocycles. The summed E-state index contributed by atoms with van der Waals surface area (Å²) in [7, 11) is 0. The van der Waals surface area contributed by atoms with Crippen LogP contribution in [0.15, 0.2) is 36.4 Å². The molecule has 0 saturated carbocycles. The van der Waals surface area contributed by atoms with E-state index in [2.05, 4.69) is 0 Å². The van der Waals surface area contributed by atoms with Crippen LogP contribution < -0.4 is 0 Å². The molecule has 2 aromatic rings. The zero-order chi connectivity index (χ0) is 23.7. The quantitative estimate of drug-likeness (QED) is 0.352. The van der Waals surface area contributed by atoms with Crippen LogP contribution in [-0.2, 0) is 24.7 Å². The number of benzene rings is 2. The van der Waals surface area contributed by atoms with Crippen molar-refractivity contribution in [3.63, 3.8) is 0 Å². The first-order valence-electron chi connectivity index (χ1n) is 7.73. The van der Waals surface area contributed by atoms with Crippen molar-refractivity contribution in [2.45, 2.75) is 38.6 Å². The van der Waals surface area contributed by atoms with Crippen molar-refractivity contribution in [1.29, 1.82) is 0 Å². The number of hydrogen-bond donors (Lipinski definition) is 0. The molecule has 0 unspecified atom stereocenters. The monoisotopic (exact) mass is 456 g/mol. The molecule has 0 atom stereocenters. The van der Waals surface area contributed by atoms with E-state index in [9.17, 15) is 52.7 Å². The second kappa shape index (κ2) is 8.38. The second-order valence-electron chi connectivity index (χ2n) is 6.17. The summed E-state index contributed by atoms with van der Waals surface area (Å²) < 4.78 is 146. The molecule has 2 aromatic carbocycles. The summed E-state index contributed by atoms with van der Waals surface area (Å²) in [4.78, 5) is 0. The number of hydrogen-bond acceptors (Lipinski definition) is 0. The molecule has 2 rings (SSSR count). The van der Waals surface area contributed by atoms with E-state index in [1.165, 1.54) is 13.8 Å². The van der Waals surface area contributed by atoms with Gasteiger partial charge >= 0.3 is 24.7 Å². The van der Waals surface area contributed by atoms with Gasteiger partial charge in [0.15, 0.2) is 0 Å². The molecule has 0 aliphatic rings. The standard InChI is InChI=1S/2C9H6F6/c2*1-5-2-6(8(10,11)12)4-7(3-5)9(13,14)15/h2*2-4H,1H3. The van der Waals surface area contributed by atoms with Crippen molar-refractivity contribution >= 4 is 0 Å². The van der Waals surface area contributed by atoms with Crippen LogP contribution in [0, 0.1) is 13.8 Å². The van der Waals surface area contributed by atoms with Gasteiger partial charge < -0.3 is 0 Å². The van der Waals surface area contributed by atoms with Crippen LogP contribution in [0.3, 0.4) is 0 Å². The van der Waals surface area contributed by atoms with Crippen molar-refractivity contribution in [2.24, 2.45) is 0 Å². The molecule has 0 N–H and O–H groups in total. The molecule has 0 aliphatic heterocycles. The van der Waals surface area contributed by atoms with Gasteiger partial charge in [0.25, 0.3) is 0 Å². The third kappa shape index (κ3) is 7.45. The van der Waals surface area contributed by atoms with Gasteiger partial charge in [-0.25, -0.2) is 0 Å². The van der Waals surface area contributed by atoms with Crippen molar-refractivity contribution < 1.29 is 52.7 Å². The van der Waals surface area contributed by atoms with Crippen LogP contribution in [0.2, 0.25) is 0 Å². The Labute approximate surface area is 162 Å². The second-order valence-corrected chi connectivity index (χ2v) is 6.17. The summed E-state index contributed by atoms with van der Waals surface area (Å²) in [5, 5.41) is 0. The topological polar surface area (TPSA) is 0 Å². The van der Waals surface area contributed by atoms with Crippen molar-refractivity contribution in [3.8, 4) is 0 Å². The van der Waals surface area contributed by atoms with Crippen molar-refractivity contribution in [1.82, 2.24) is 0 Å². The fourth-order valence-electron chi connectivity index (χ4n) is 2.22. The Morgan fingerprint density at radius 3 is 0.667 bits per heavy atom. The summed E-state index contributed by atoms with van der Waals surface area (Å²) >= 11 is 0. The molecule has 30 heavy (non-hydrogen) atoms. The molecule has 0 radical (unpaired) electrons. The fraction of sp³-hybridized carbons (Fsp3) is 0.333. The summed E-state index contributed by atoms with van der Waals surface area (Å²) in [6.07, 6.45) is -19.0. The van der Waals surface area contributed by atoms with E-state index in [0.29, 0.717) is 24.3 Å². The molecule has 0 spiro atoms. The Balaban J connectivity index is 0.000000300. The maximum absolute atomic E-state index is 12.2. The number of aryl methyl sites for hydroxylation is 2. The van der Waals surface area contributed by atoms with E-state index in [4.69, 9.17) is 0 Å².